The average Bonchev–Trinajstić information content (AvgIpc) is 2.83. The van der Waals surface area contributed by atoms with E-state index in [-0.39, 0.29) is 11.9 Å². The van der Waals surface area contributed by atoms with Crippen LogP contribution in [0.3, 0.4) is 0 Å². The van der Waals surface area contributed by atoms with Crippen molar-refractivity contribution in [2.24, 2.45) is 0 Å². The number of ether oxygens (including phenoxy) is 2. The van der Waals surface area contributed by atoms with Gasteiger partial charge in [0.05, 0.1) is 12.2 Å². The molecule has 0 bridgehead atoms. The molecule has 1 aliphatic carbocycles. The Hall–Kier alpha value is -2.34. The third kappa shape index (κ3) is 4.73. The van der Waals surface area contributed by atoms with Crippen molar-refractivity contribution in [3.05, 3.63) is 45.3 Å². The first kappa shape index (κ1) is 20.4. The molecule has 1 aromatic heterocycles. The Labute approximate surface area is 170 Å². The highest BCUT2D eigenvalue weighted by Crippen LogP contribution is 2.38. The molecule has 0 atom stereocenters. The smallest absolute Gasteiger partial charge is 0.341 e. The molecule has 0 fully saturated rings. The summed E-state index contributed by atoms with van der Waals surface area (Å²) in [4.78, 5) is 25.4. The summed E-state index contributed by atoms with van der Waals surface area (Å²) in [5, 5.41) is 4.26. The molecule has 1 heterocycles. The third-order valence-electron chi connectivity index (χ3n) is 4.81. The predicted molar refractivity (Wildman–Crippen MR) is 111 cm³/mol. The molecular weight excluding hydrogens is 374 g/mol. The van der Waals surface area contributed by atoms with Crippen LogP contribution in [0.4, 0.5) is 5.00 Å². The van der Waals surface area contributed by atoms with Crippen molar-refractivity contribution in [1.29, 1.82) is 0 Å². The van der Waals surface area contributed by atoms with Gasteiger partial charge in [-0.05, 0) is 51.2 Å². The van der Waals surface area contributed by atoms with Gasteiger partial charge < -0.3 is 14.8 Å². The minimum atomic E-state index is -0.347. The molecule has 3 rings (SSSR count). The summed E-state index contributed by atoms with van der Waals surface area (Å²) in [6.07, 6.45) is 5.39. The fourth-order valence-corrected chi connectivity index (χ4v) is 4.84. The van der Waals surface area contributed by atoms with Crippen LogP contribution in [0.25, 0.3) is 0 Å². The van der Waals surface area contributed by atoms with Gasteiger partial charge >= 0.3 is 11.9 Å². The molecule has 0 radical (unpaired) electrons. The first-order valence-corrected chi connectivity index (χ1v) is 10.6. The molecule has 1 aliphatic rings. The lowest BCUT2D eigenvalue weighted by atomic mass is 10.1. The maximum Gasteiger partial charge on any atom is 0.341 e. The Morgan fingerprint density at radius 2 is 1.96 bits per heavy atom. The molecule has 0 spiro atoms. The molecular formula is C22H27NO4S. The van der Waals surface area contributed by atoms with E-state index in [9.17, 15) is 9.59 Å². The predicted octanol–water partition coefficient (Wildman–Crippen LogP) is 5.04. The Bertz CT molecular complexity index is 872. The van der Waals surface area contributed by atoms with Crippen molar-refractivity contribution in [2.75, 3.05) is 11.9 Å². The lowest BCUT2D eigenvalue weighted by Crippen LogP contribution is -2.11. The zero-order valence-electron chi connectivity index (χ0n) is 16.7. The van der Waals surface area contributed by atoms with E-state index >= 15 is 0 Å². The number of carbonyl (C=O) groups excluding carboxylic acids is 2. The van der Waals surface area contributed by atoms with Crippen molar-refractivity contribution in [1.82, 2.24) is 0 Å². The minimum absolute atomic E-state index is 0.256. The fourth-order valence-electron chi connectivity index (χ4n) is 3.56. The van der Waals surface area contributed by atoms with Gasteiger partial charge in [-0.15, -0.1) is 11.3 Å². The number of benzene rings is 1. The molecule has 0 amide bonds. The number of fused-ring (bicyclic) bond motifs is 1. The van der Waals surface area contributed by atoms with Crippen molar-refractivity contribution in [3.63, 3.8) is 0 Å². The monoisotopic (exact) mass is 401 g/mol. The van der Waals surface area contributed by atoms with E-state index in [1.54, 1.807) is 11.3 Å². The first-order chi connectivity index (χ1) is 13.5. The second-order valence-corrected chi connectivity index (χ2v) is 8.15. The highest BCUT2D eigenvalue weighted by molar-refractivity contribution is 7.16. The van der Waals surface area contributed by atoms with E-state index in [0.717, 1.165) is 47.4 Å². The quantitative estimate of drug-likeness (QED) is 0.417. The number of hydrogen-bond acceptors (Lipinski definition) is 6. The topological polar surface area (TPSA) is 64.6 Å². The maximum atomic E-state index is 12.7. The Kier molecular flexibility index (Phi) is 6.73. The maximum absolute atomic E-state index is 12.7. The van der Waals surface area contributed by atoms with Gasteiger partial charge in [-0.1, -0.05) is 24.1 Å². The lowest BCUT2D eigenvalue weighted by molar-refractivity contribution is -0.131. The number of aryl methyl sites for hydroxylation is 2. The first-order valence-electron chi connectivity index (χ1n) is 9.83. The number of hydrogen-bond donors (Lipinski definition) is 1. The summed E-state index contributed by atoms with van der Waals surface area (Å²) in [5.41, 5.74) is 3.80. The molecule has 0 saturated heterocycles. The molecule has 0 unspecified atom stereocenters. The zero-order valence-corrected chi connectivity index (χ0v) is 17.5. The van der Waals surface area contributed by atoms with Gasteiger partial charge in [0.2, 0.25) is 0 Å². The molecule has 2 aromatic rings. The second kappa shape index (κ2) is 9.24. The highest BCUT2D eigenvalue weighted by atomic mass is 32.1. The lowest BCUT2D eigenvalue weighted by Gasteiger charge is -2.12. The molecule has 5 nitrogen and oxygen atoms in total. The van der Waals surface area contributed by atoms with E-state index in [0.29, 0.717) is 24.5 Å². The second-order valence-electron chi connectivity index (χ2n) is 7.05. The Morgan fingerprint density at radius 1 is 1.18 bits per heavy atom. The highest BCUT2D eigenvalue weighted by Gasteiger charge is 2.25. The summed E-state index contributed by atoms with van der Waals surface area (Å²) < 4.78 is 10.7. The molecule has 150 valence electrons. The summed E-state index contributed by atoms with van der Waals surface area (Å²) in [6.45, 7) is 6.05. The standard InChI is InChI=1S/C22H27NO4S/c1-4-26-22(25)20-17-8-6-5-7-9-19(17)28-21(20)23-13-16-12-14(2)10-11-18(16)27-15(3)24/h10-12,23H,4-9,13H2,1-3H3. The van der Waals surface area contributed by atoms with Gasteiger partial charge in [-0.3, -0.25) is 4.79 Å². The van der Waals surface area contributed by atoms with Gasteiger partial charge in [-0.25, -0.2) is 4.79 Å². The molecule has 6 heteroatoms. The van der Waals surface area contributed by atoms with Crippen molar-refractivity contribution in [3.8, 4) is 5.75 Å². The van der Waals surface area contributed by atoms with Gasteiger partial charge in [0.1, 0.15) is 10.8 Å². The van der Waals surface area contributed by atoms with Gasteiger partial charge in [0, 0.05) is 23.9 Å². The van der Waals surface area contributed by atoms with E-state index in [2.05, 4.69) is 5.32 Å². The average molecular weight is 402 g/mol. The van der Waals surface area contributed by atoms with Crippen molar-refractivity contribution in [2.45, 2.75) is 59.4 Å². The van der Waals surface area contributed by atoms with Gasteiger partial charge in [-0.2, -0.15) is 0 Å². The van der Waals surface area contributed by atoms with Crippen LogP contribution >= 0.6 is 11.3 Å². The van der Waals surface area contributed by atoms with E-state index in [4.69, 9.17) is 9.47 Å². The molecule has 28 heavy (non-hydrogen) atoms. The Balaban J connectivity index is 1.89. The SMILES string of the molecule is CCOC(=O)c1c(NCc2cc(C)ccc2OC(C)=O)sc2c1CCCCC2. The largest absolute Gasteiger partial charge is 0.462 e. The summed E-state index contributed by atoms with van der Waals surface area (Å²) in [6, 6.07) is 5.72. The third-order valence-corrected chi connectivity index (χ3v) is 6.06. The van der Waals surface area contributed by atoms with Crippen LogP contribution in [0.1, 0.15) is 65.0 Å². The normalized spacial score (nSPS) is 13.4. The summed E-state index contributed by atoms with van der Waals surface area (Å²) >= 11 is 1.65. The number of thiophene rings is 1. The number of esters is 2. The van der Waals surface area contributed by atoms with Crippen LogP contribution in [0, 0.1) is 6.92 Å². The van der Waals surface area contributed by atoms with Crippen LogP contribution in [0.15, 0.2) is 18.2 Å². The fraction of sp³-hybridized carbons (Fsp3) is 0.455. The summed E-state index contributed by atoms with van der Waals surface area (Å²) in [7, 11) is 0. The van der Waals surface area contributed by atoms with Gasteiger partial charge in [0.15, 0.2) is 0 Å². The number of nitrogens with one attached hydrogen (secondary N) is 1. The van der Waals surface area contributed by atoms with Crippen molar-refractivity contribution >= 4 is 28.3 Å². The number of rotatable bonds is 6. The minimum Gasteiger partial charge on any atom is -0.462 e. The van der Waals surface area contributed by atoms with Crippen LogP contribution in [-0.2, 0) is 28.9 Å². The van der Waals surface area contributed by atoms with E-state index in [1.165, 1.54) is 18.2 Å². The molecule has 0 saturated carbocycles. The van der Waals surface area contributed by atoms with Crippen LogP contribution in [-0.4, -0.2) is 18.5 Å². The van der Waals surface area contributed by atoms with E-state index in [1.807, 2.05) is 32.0 Å². The molecule has 1 aromatic carbocycles. The number of anilines is 1. The van der Waals surface area contributed by atoms with E-state index < -0.39 is 0 Å². The van der Waals surface area contributed by atoms with Crippen LogP contribution in [0.2, 0.25) is 0 Å². The molecule has 1 N–H and O–H groups in total. The van der Waals surface area contributed by atoms with Crippen molar-refractivity contribution < 1.29 is 19.1 Å². The summed E-state index contributed by atoms with van der Waals surface area (Å²) in [5.74, 6) is -0.0598. The number of carbonyl (C=O) groups is 2. The van der Waals surface area contributed by atoms with Gasteiger partial charge in [0.25, 0.3) is 0 Å². The zero-order chi connectivity index (χ0) is 20.1. The Morgan fingerprint density at radius 3 is 2.71 bits per heavy atom. The van der Waals surface area contributed by atoms with Crippen LogP contribution in [0.5, 0.6) is 5.75 Å². The van der Waals surface area contributed by atoms with Crippen LogP contribution < -0.4 is 10.1 Å². The molecule has 0 aliphatic heterocycles.